The van der Waals surface area contributed by atoms with Crippen LogP contribution in [-0.2, 0) is 11.8 Å². The first kappa shape index (κ1) is 15.7. The van der Waals surface area contributed by atoms with Crippen molar-refractivity contribution >= 4 is 44.7 Å². The molecule has 2 rings (SSSR count). The Hall–Kier alpha value is -0.650. The molecule has 0 saturated carbocycles. The Morgan fingerprint density at radius 2 is 2.05 bits per heavy atom. The maximum absolute atomic E-state index is 5.92. The number of hydrogen-bond donors (Lipinski definition) is 1. The Balaban J connectivity index is 2.00. The van der Waals surface area contributed by atoms with E-state index in [-0.39, 0.29) is 5.41 Å². The van der Waals surface area contributed by atoms with Crippen LogP contribution in [0.1, 0.15) is 31.5 Å². The molecular weight excluding hydrogens is 358 g/mol. The lowest BCUT2D eigenvalue weighted by Gasteiger charge is -2.17. The Bertz CT molecular complexity index is 592. The number of nitrogens with one attached hydrogen (secondary N) is 1. The third kappa shape index (κ3) is 4.43. The lowest BCUT2D eigenvalue weighted by Crippen LogP contribution is -2.17. The smallest absolute Gasteiger partial charge is 0.137 e. The molecule has 0 saturated heterocycles. The first-order valence-electron chi connectivity index (χ1n) is 6.38. The lowest BCUT2D eigenvalue weighted by atomic mass is 9.96. The van der Waals surface area contributed by atoms with Crippen molar-refractivity contribution < 1.29 is 0 Å². The molecule has 0 aliphatic carbocycles. The van der Waals surface area contributed by atoms with Gasteiger partial charge in [-0.1, -0.05) is 32.4 Å². The van der Waals surface area contributed by atoms with E-state index in [1.807, 2.05) is 12.1 Å². The minimum atomic E-state index is -0.0680. The molecule has 0 spiro atoms. The van der Waals surface area contributed by atoms with Gasteiger partial charge in [-0.25, -0.2) is 9.97 Å². The SMILES string of the molecule is CC(C)(C)c1nc(Br)cc(NCCc2ccc(Cl)s2)n1. The van der Waals surface area contributed by atoms with Crippen molar-refractivity contribution in [2.75, 3.05) is 11.9 Å². The maximum Gasteiger partial charge on any atom is 0.137 e. The molecule has 2 heterocycles. The van der Waals surface area contributed by atoms with E-state index in [1.165, 1.54) is 4.88 Å². The van der Waals surface area contributed by atoms with E-state index in [0.29, 0.717) is 0 Å². The van der Waals surface area contributed by atoms with E-state index in [1.54, 1.807) is 11.3 Å². The van der Waals surface area contributed by atoms with Gasteiger partial charge in [-0.2, -0.15) is 0 Å². The van der Waals surface area contributed by atoms with Crippen molar-refractivity contribution in [3.63, 3.8) is 0 Å². The van der Waals surface area contributed by atoms with Crippen molar-refractivity contribution in [3.05, 3.63) is 37.8 Å². The van der Waals surface area contributed by atoms with Crippen LogP contribution in [0.25, 0.3) is 0 Å². The summed E-state index contributed by atoms with van der Waals surface area (Å²) in [6.45, 7) is 7.13. The first-order chi connectivity index (χ1) is 9.34. The van der Waals surface area contributed by atoms with E-state index in [9.17, 15) is 0 Å². The van der Waals surface area contributed by atoms with Gasteiger partial charge >= 0.3 is 0 Å². The number of thiophene rings is 1. The largest absolute Gasteiger partial charge is 0.370 e. The average Bonchev–Trinajstić information content (AvgIpc) is 2.73. The van der Waals surface area contributed by atoms with Gasteiger partial charge in [-0.3, -0.25) is 0 Å². The van der Waals surface area contributed by atoms with Gasteiger partial charge in [-0.15, -0.1) is 11.3 Å². The third-order valence-corrected chi connectivity index (χ3v) is 4.37. The quantitative estimate of drug-likeness (QED) is 0.773. The van der Waals surface area contributed by atoms with Crippen LogP contribution in [0.4, 0.5) is 5.82 Å². The van der Waals surface area contributed by atoms with E-state index in [4.69, 9.17) is 11.6 Å². The number of nitrogens with zero attached hydrogens (tertiary/aromatic N) is 2. The van der Waals surface area contributed by atoms with E-state index in [0.717, 1.165) is 33.5 Å². The fourth-order valence-corrected chi connectivity index (χ4v) is 3.12. The minimum Gasteiger partial charge on any atom is -0.370 e. The molecule has 6 heteroatoms. The van der Waals surface area contributed by atoms with Gasteiger partial charge in [0.15, 0.2) is 0 Å². The van der Waals surface area contributed by atoms with Crippen LogP contribution in [0, 0.1) is 0 Å². The van der Waals surface area contributed by atoms with Crippen molar-refractivity contribution in [3.8, 4) is 0 Å². The van der Waals surface area contributed by atoms with Crippen molar-refractivity contribution in [2.24, 2.45) is 0 Å². The summed E-state index contributed by atoms with van der Waals surface area (Å²) in [5, 5.41) is 3.34. The topological polar surface area (TPSA) is 37.8 Å². The van der Waals surface area contributed by atoms with Gasteiger partial charge in [0.1, 0.15) is 16.2 Å². The standard InChI is InChI=1S/C14H17BrClN3S/c1-14(2,3)13-18-10(15)8-12(19-13)17-7-6-9-4-5-11(16)20-9/h4-5,8H,6-7H2,1-3H3,(H,17,18,19). The number of aromatic nitrogens is 2. The van der Waals surface area contributed by atoms with E-state index in [2.05, 4.69) is 58.1 Å². The predicted octanol–water partition coefficient (Wildman–Crippen LogP) is 4.91. The highest BCUT2D eigenvalue weighted by atomic mass is 79.9. The van der Waals surface area contributed by atoms with Crippen molar-refractivity contribution in [2.45, 2.75) is 32.6 Å². The van der Waals surface area contributed by atoms with Crippen LogP contribution in [-0.4, -0.2) is 16.5 Å². The molecule has 0 aliphatic rings. The van der Waals surface area contributed by atoms with E-state index >= 15 is 0 Å². The molecule has 0 radical (unpaired) electrons. The number of halogens is 2. The summed E-state index contributed by atoms with van der Waals surface area (Å²) < 4.78 is 1.64. The van der Waals surface area contributed by atoms with Crippen molar-refractivity contribution in [1.82, 2.24) is 9.97 Å². The number of anilines is 1. The number of hydrogen-bond acceptors (Lipinski definition) is 4. The Morgan fingerprint density at radius 3 is 2.65 bits per heavy atom. The zero-order valence-corrected chi connectivity index (χ0v) is 14.9. The van der Waals surface area contributed by atoms with Gasteiger partial charge < -0.3 is 5.32 Å². The molecule has 2 aromatic heterocycles. The summed E-state index contributed by atoms with van der Waals surface area (Å²) in [4.78, 5) is 10.3. The highest BCUT2D eigenvalue weighted by molar-refractivity contribution is 9.10. The molecule has 0 fully saturated rings. The van der Waals surface area contributed by atoms with Crippen LogP contribution in [0.2, 0.25) is 4.34 Å². The monoisotopic (exact) mass is 373 g/mol. The van der Waals surface area contributed by atoms with E-state index < -0.39 is 0 Å². The van der Waals surface area contributed by atoms with Crippen LogP contribution < -0.4 is 5.32 Å². The fourth-order valence-electron chi connectivity index (χ4n) is 1.64. The van der Waals surface area contributed by atoms with Crippen LogP contribution in [0.15, 0.2) is 22.8 Å². The van der Waals surface area contributed by atoms with Gasteiger partial charge in [0.2, 0.25) is 0 Å². The summed E-state index contributed by atoms with van der Waals surface area (Å²) in [7, 11) is 0. The Labute approximate surface area is 136 Å². The molecule has 0 unspecified atom stereocenters. The van der Waals surface area contributed by atoms with Gasteiger partial charge in [-0.05, 0) is 34.5 Å². The summed E-state index contributed by atoms with van der Waals surface area (Å²) >= 11 is 11.0. The zero-order chi connectivity index (χ0) is 14.8. The molecule has 20 heavy (non-hydrogen) atoms. The Kier molecular flexibility index (Phi) is 5.04. The molecule has 0 aromatic carbocycles. The average molecular weight is 375 g/mol. The summed E-state index contributed by atoms with van der Waals surface area (Å²) in [6.07, 6.45) is 0.934. The molecule has 1 N–H and O–H groups in total. The predicted molar refractivity (Wildman–Crippen MR) is 90.0 cm³/mol. The van der Waals surface area contributed by atoms with Crippen LogP contribution >= 0.6 is 38.9 Å². The molecule has 2 aromatic rings. The van der Waals surface area contributed by atoms with Gasteiger partial charge in [0.05, 0.1) is 4.34 Å². The molecular formula is C14H17BrClN3S. The number of rotatable bonds is 4. The Morgan fingerprint density at radius 1 is 1.30 bits per heavy atom. The molecule has 0 bridgehead atoms. The summed E-state index contributed by atoms with van der Waals surface area (Å²) in [6, 6.07) is 5.89. The normalized spacial score (nSPS) is 11.7. The molecule has 3 nitrogen and oxygen atoms in total. The second kappa shape index (κ2) is 6.41. The highest BCUT2D eigenvalue weighted by Gasteiger charge is 2.18. The lowest BCUT2D eigenvalue weighted by molar-refractivity contribution is 0.544. The molecule has 0 aliphatic heterocycles. The summed E-state index contributed by atoms with van der Waals surface area (Å²) in [5.74, 6) is 1.67. The van der Waals surface area contributed by atoms with Gasteiger partial charge in [0.25, 0.3) is 0 Å². The third-order valence-electron chi connectivity index (χ3n) is 2.67. The molecule has 108 valence electrons. The van der Waals surface area contributed by atoms with Crippen molar-refractivity contribution in [1.29, 1.82) is 0 Å². The maximum atomic E-state index is 5.92. The minimum absolute atomic E-state index is 0.0680. The zero-order valence-electron chi connectivity index (χ0n) is 11.7. The summed E-state index contributed by atoms with van der Waals surface area (Å²) in [5.41, 5.74) is -0.0680. The second-order valence-corrected chi connectivity index (χ2v) is 8.14. The van der Waals surface area contributed by atoms with Crippen LogP contribution in [0.3, 0.4) is 0 Å². The fraction of sp³-hybridized carbons (Fsp3) is 0.429. The second-order valence-electron chi connectivity index (χ2n) is 5.53. The molecule has 0 atom stereocenters. The first-order valence-corrected chi connectivity index (χ1v) is 8.36. The van der Waals surface area contributed by atoms with Crippen LogP contribution in [0.5, 0.6) is 0 Å². The highest BCUT2D eigenvalue weighted by Crippen LogP contribution is 2.23. The molecule has 0 amide bonds. The van der Waals surface area contributed by atoms with Gasteiger partial charge in [0, 0.05) is 22.9 Å².